The minimum atomic E-state index is -4.46. The van der Waals surface area contributed by atoms with E-state index in [9.17, 15) is 26.4 Å². The van der Waals surface area contributed by atoms with Gasteiger partial charge in [-0.05, 0) is 30.7 Å². The van der Waals surface area contributed by atoms with Crippen LogP contribution in [0.15, 0.2) is 35.5 Å². The Hall–Kier alpha value is -2.60. The second-order valence-corrected chi connectivity index (χ2v) is 8.64. The predicted octanol–water partition coefficient (Wildman–Crippen LogP) is 2.13. The zero-order valence-electron chi connectivity index (χ0n) is 16.4. The Morgan fingerprint density at radius 2 is 1.83 bits per heavy atom. The first-order chi connectivity index (χ1) is 14.1. The highest BCUT2D eigenvalue weighted by molar-refractivity contribution is 7.89. The van der Waals surface area contributed by atoms with Crippen molar-refractivity contribution in [2.45, 2.75) is 17.6 Å². The number of ether oxygens (including phenoxy) is 1. The van der Waals surface area contributed by atoms with Gasteiger partial charge in [0.25, 0.3) is 10.0 Å². The van der Waals surface area contributed by atoms with Crippen molar-refractivity contribution < 1.29 is 31.1 Å². The summed E-state index contributed by atoms with van der Waals surface area (Å²) < 4.78 is 71.5. The van der Waals surface area contributed by atoms with Crippen LogP contribution in [0.5, 0.6) is 0 Å². The molecule has 12 heteroatoms. The first-order valence-electron chi connectivity index (χ1n) is 9.08. The van der Waals surface area contributed by atoms with Crippen LogP contribution < -0.4 is 4.90 Å². The number of nitrogens with zero attached hydrogens (tertiary/aromatic N) is 4. The summed E-state index contributed by atoms with van der Waals surface area (Å²) in [5, 5.41) is -0.0380. The minimum Gasteiger partial charge on any atom is -0.464 e. The highest BCUT2D eigenvalue weighted by Gasteiger charge is 2.32. The van der Waals surface area contributed by atoms with Crippen molar-refractivity contribution in [3.63, 3.8) is 0 Å². The van der Waals surface area contributed by atoms with E-state index in [2.05, 4.69) is 9.72 Å². The molecule has 0 bridgehead atoms. The molecule has 1 saturated heterocycles. The number of hydrogen-bond acceptors (Lipinski definition) is 6. The van der Waals surface area contributed by atoms with Crippen molar-refractivity contribution in [3.05, 3.63) is 41.7 Å². The number of carbonyl (C=O) groups is 1. The molecule has 30 heavy (non-hydrogen) atoms. The molecule has 1 aliphatic heterocycles. The summed E-state index contributed by atoms with van der Waals surface area (Å²) in [6, 6.07) is 4.98. The van der Waals surface area contributed by atoms with Gasteiger partial charge in [0.2, 0.25) is 0 Å². The van der Waals surface area contributed by atoms with Crippen LogP contribution in [0, 0.1) is 0 Å². The van der Waals surface area contributed by atoms with Crippen molar-refractivity contribution in [2.24, 2.45) is 7.05 Å². The van der Waals surface area contributed by atoms with Gasteiger partial charge in [-0.2, -0.15) is 17.5 Å². The lowest BCUT2D eigenvalue weighted by molar-refractivity contribution is -0.137. The Balaban J connectivity index is 1.76. The van der Waals surface area contributed by atoms with E-state index in [-0.39, 0.29) is 30.4 Å². The van der Waals surface area contributed by atoms with E-state index in [1.54, 1.807) is 4.90 Å². The molecule has 0 amide bonds. The normalized spacial score (nSPS) is 16.4. The molecule has 3 heterocycles. The van der Waals surface area contributed by atoms with Gasteiger partial charge in [0.1, 0.15) is 11.5 Å². The Morgan fingerprint density at radius 1 is 1.10 bits per heavy atom. The van der Waals surface area contributed by atoms with E-state index >= 15 is 0 Å². The number of halogens is 3. The maximum atomic E-state index is 13.1. The van der Waals surface area contributed by atoms with Gasteiger partial charge in [-0.25, -0.2) is 18.2 Å². The Kier molecular flexibility index (Phi) is 6.09. The van der Waals surface area contributed by atoms with E-state index in [4.69, 9.17) is 0 Å². The quantitative estimate of drug-likeness (QED) is 0.669. The van der Waals surface area contributed by atoms with Gasteiger partial charge in [-0.1, -0.05) is 0 Å². The van der Waals surface area contributed by atoms with Gasteiger partial charge < -0.3 is 14.2 Å². The molecule has 0 radical (unpaired) electrons. The number of hydrogen-bond donors (Lipinski definition) is 0. The van der Waals surface area contributed by atoms with Crippen LogP contribution in [0.2, 0.25) is 0 Å². The second kappa shape index (κ2) is 8.26. The summed E-state index contributed by atoms with van der Waals surface area (Å²) in [5.74, 6) is -0.288. The number of methoxy groups -OCH3 is 1. The number of carbonyl (C=O) groups excluding carboxylic acids is 1. The number of esters is 1. The van der Waals surface area contributed by atoms with Crippen molar-refractivity contribution >= 4 is 21.8 Å². The van der Waals surface area contributed by atoms with Crippen LogP contribution in [-0.2, 0) is 28.0 Å². The van der Waals surface area contributed by atoms with E-state index in [0.29, 0.717) is 18.8 Å². The van der Waals surface area contributed by atoms with E-state index in [1.165, 1.54) is 41.2 Å². The fourth-order valence-electron chi connectivity index (χ4n) is 3.30. The summed E-state index contributed by atoms with van der Waals surface area (Å²) in [5.41, 5.74) is -0.725. The molecular weight excluding hydrogens is 425 g/mol. The lowest BCUT2D eigenvalue weighted by Crippen LogP contribution is -2.36. The average molecular weight is 446 g/mol. The number of anilines is 1. The van der Waals surface area contributed by atoms with E-state index in [0.717, 1.165) is 12.3 Å². The smallest absolute Gasteiger partial charge is 0.417 e. The predicted molar refractivity (Wildman–Crippen MR) is 102 cm³/mol. The van der Waals surface area contributed by atoms with Crippen molar-refractivity contribution in [2.75, 3.05) is 38.2 Å². The summed E-state index contributed by atoms with van der Waals surface area (Å²) in [6.45, 7) is 1.08. The molecule has 0 atom stereocenters. The molecule has 164 valence electrons. The van der Waals surface area contributed by atoms with Crippen molar-refractivity contribution in [1.29, 1.82) is 0 Å². The summed E-state index contributed by atoms with van der Waals surface area (Å²) >= 11 is 0. The fourth-order valence-corrected chi connectivity index (χ4v) is 4.94. The average Bonchev–Trinajstić information content (AvgIpc) is 2.93. The Labute approximate surface area is 171 Å². The number of aromatic nitrogens is 2. The first kappa shape index (κ1) is 22.1. The molecule has 3 rings (SSSR count). The van der Waals surface area contributed by atoms with E-state index < -0.39 is 27.7 Å². The third-order valence-electron chi connectivity index (χ3n) is 4.93. The number of pyridine rings is 1. The lowest BCUT2D eigenvalue weighted by atomic mass is 10.2. The largest absolute Gasteiger partial charge is 0.464 e. The number of alkyl halides is 3. The van der Waals surface area contributed by atoms with E-state index in [1.807, 2.05) is 0 Å². The summed E-state index contributed by atoms with van der Waals surface area (Å²) in [7, 11) is -1.20. The lowest BCUT2D eigenvalue weighted by Gasteiger charge is -2.23. The van der Waals surface area contributed by atoms with Gasteiger partial charge in [-0.3, -0.25) is 0 Å². The van der Waals surface area contributed by atoms with Gasteiger partial charge in [0.05, 0.1) is 12.7 Å². The number of rotatable bonds is 4. The zero-order chi connectivity index (χ0) is 22.1. The van der Waals surface area contributed by atoms with Gasteiger partial charge >= 0.3 is 12.1 Å². The highest BCUT2D eigenvalue weighted by atomic mass is 32.2. The van der Waals surface area contributed by atoms with Crippen molar-refractivity contribution in [3.8, 4) is 0 Å². The third-order valence-corrected chi connectivity index (χ3v) is 6.91. The monoisotopic (exact) mass is 446 g/mol. The molecule has 0 saturated carbocycles. The standard InChI is InChI=1S/C18H21F3N4O4S/c1-23-14(17(26)29-2)5-7-16(23)30(27,28)25-9-3-8-24(10-11-25)15-6-4-13(12-22-15)18(19,20)21/h4-7,12H,3,8-11H2,1-2H3. The van der Waals surface area contributed by atoms with Crippen LogP contribution >= 0.6 is 0 Å². The van der Waals surface area contributed by atoms with Crippen LogP contribution in [0.1, 0.15) is 22.5 Å². The highest BCUT2D eigenvalue weighted by Crippen LogP contribution is 2.29. The second-order valence-electron chi connectivity index (χ2n) is 6.75. The van der Waals surface area contributed by atoms with Gasteiger partial charge in [0.15, 0.2) is 5.03 Å². The molecule has 1 aliphatic rings. The molecule has 0 aliphatic carbocycles. The molecule has 2 aromatic heterocycles. The Bertz CT molecular complexity index is 1020. The topological polar surface area (TPSA) is 84.7 Å². The van der Waals surface area contributed by atoms with Crippen LogP contribution in [-0.4, -0.2) is 61.5 Å². The molecule has 0 N–H and O–H groups in total. The van der Waals surface area contributed by atoms with Crippen LogP contribution in [0.4, 0.5) is 19.0 Å². The molecular formula is C18H21F3N4O4S. The summed E-state index contributed by atoms with van der Waals surface area (Å²) in [4.78, 5) is 17.4. The molecule has 2 aromatic rings. The molecule has 0 spiro atoms. The maximum absolute atomic E-state index is 13.1. The third kappa shape index (κ3) is 4.29. The SMILES string of the molecule is COC(=O)c1ccc(S(=O)(=O)N2CCCN(c3ccc(C(F)(F)F)cn3)CC2)n1C. The van der Waals surface area contributed by atoms with Gasteiger partial charge in [-0.15, -0.1) is 0 Å². The molecule has 0 unspecified atom stereocenters. The van der Waals surface area contributed by atoms with Crippen LogP contribution in [0.25, 0.3) is 0 Å². The molecule has 1 fully saturated rings. The number of sulfonamides is 1. The fraction of sp³-hybridized carbons (Fsp3) is 0.444. The maximum Gasteiger partial charge on any atom is 0.417 e. The molecule has 0 aromatic carbocycles. The minimum absolute atomic E-state index is 0.0380. The summed E-state index contributed by atoms with van der Waals surface area (Å²) in [6.07, 6.45) is -3.23. The molecule has 8 nitrogen and oxygen atoms in total. The zero-order valence-corrected chi connectivity index (χ0v) is 17.2. The first-order valence-corrected chi connectivity index (χ1v) is 10.5. The van der Waals surface area contributed by atoms with Crippen LogP contribution in [0.3, 0.4) is 0 Å². The van der Waals surface area contributed by atoms with Gasteiger partial charge in [0, 0.05) is 39.4 Å². The van der Waals surface area contributed by atoms with Crippen molar-refractivity contribution in [1.82, 2.24) is 13.9 Å². The Morgan fingerprint density at radius 3 is 2.43 bits per heavy atom.